The quantitative estimate of drug-likeness (QED) is 0.0386. The molecular formula is C34H58N8O14. The number of aliphatic hydroxyl groups is 1. The van der Waals surface area contributed by atoms with E-state index in [0.29, 0.717) is 6.42 Å². The van der Waals surface area contributed by atoms with Gasteiger partial charge in [0.2, 0.25) is 41.4 Å². The van der Waals surface area contributed by atoms with Crippen LogP contribution < -0.4 is 43.4 Å². The molecule has 0 aliphatic rings. The Morgan fingerprint density at radius 2 is 1.02 bits per heavy atom. The van der Waals surface area contributed by atoms with Gasteiger partial charge in [0.25, 0.3) is 0 Å². The average Bonchev–Trinajstić information content (AvgIpc) is 3.08. The van der Waals surface area contributed by atoms with Crippen molar-refractivity contribution in [1.29, 1.82) is 0 Å². The van der Waals surface area contributed by atoms with Gasteiger partial charge in [-0.25, -0.2) is 4.79 Å². The summed E-state index contributed by atoms with van der Waals surface area (Å²) in [5.74, 6) is -12.5. The number of nitrogens with two attached hydrogens (primary N) is 2. The molecule has 14 N–H and O–H groups in total. The van der Waals surface area contributed by atoms with Gasteiger partial charge < -0.3 is 63.8 Å². The van der Waals surface area contributed by atoms with Crippen molar-refractivity contribution in [2.45, 2.75) is 129 Å². The van der Waals surface area contributed by atoms with E-state index in [4.69, 9.17) is 16.6 Å². The number of nitrogens with one attached hydrogen (secondary N) is 6. The Bertz CT molecular complexity index is 1420. The molecule has 0 fully saturated rings. The van der Waals surface area contributed by atoms with Crippen LogP contribution >= 0.6 is 0 Å². The molecule has 0 aromatic carbocycles. The number of amides is 7. The maximum Gasteiger partial charge on any atom is 0.326 e. The molecule has 22 heteroatoms. The highest BCUT2D eigenvalue weighted by molar-refractivity contribution is 5.98. The summed E-state index contributed by atoms with van der Waals surface area (Å²) in [7, 11) is 0. The van der Waals surface area contributed by atoms with Crippen LogP contribution in [0.25, 0.3) is 0 Å². The zero-order chi connectivity index (χ0) is 43.4. The second-order valence-electron chi connectivity index (χ2n) is 14.3. The normalized spacial score (nSPS) is 15.4. The van der Waals surface area contributed by atoms with Crippen LogP contribution in [-0.2, 0) is 47.9 Å². The van der Waals surface area contributed by atoms with Gasteiger partial charge in [-0.1, -0.05) is 48.0 Å². The molecule has 0 saturated carbocycles. The van der Waals surface area contributed by atoms with Crippen molar-refractivity contribution in [3.63, 3.8) is 0 Å². The molecule has 0 heterocycles. The summed E-state index contributed by atoms with van der Waals surface area (Å²) in [5.41, 5.74) is 11.1. The highest BCUT2D eigenvalue weighted by atomic mass is 16.4. The summed E-state index contributed by atoms with van der Waals surface area (Å²) in [5, 5.41) is 51.4. The van der Waals surface area contributed by atoms with Gasteiger partial charge in [-0.3, -0.25) is 43.2 Å². The number of carboxylic acid groups (broad SMARTS) is 3. The summed E-state index contributed by atoms with van der Waals surface area (Å²) >= 11 is 0. The number of carboxylic acids is 3. The van der Waals surface area contributed by atoms with Gasteiger partial charge in [-0.2, -0.15) is 0 Å². The molecule has 8 atom stereocenters. The maximum absolute atomic E-state index is 13.5. The third-order valence-corrected chi connectivity index (χ3v) is 8.32. The van der Waals surface area contributed by atoms with Gasteiger partial charge in [0, 0.05) is 6.42 Å². The maximum atomic E-state index is 13.5. The highest BCUT2D eigenvalue weighted by Gasteiger charge is 2.35. The van der Waals surface area contributed by atoms with Gasteiger partial charge >= 0.3 is 17.9 Å². The van der Waals surface area contributed by atoms with Crippen LogP contribution in [-0.4, -0.2) is 129 Å². The van der Waals surface area contributed by atoms with Gasteiger partial charge in [0.1, 0.15) is 36.3 Å². The van der Waals surface area contributed by atoms with Crippen LogP contribution in [0.2, 0.25) is 0 Å². The highest BCUT2D eigenvalue weighted by Crippen LogP contribution is 2.12. The molecule has 0 aromatic heterocycles. The zero-order valence-corrected chi connectivity index (χ0v) is 32.5. The fraction of sp³-hybridized carbons (Fsp3) is 0.706. The van der Waals surface area contributed by atoms with E-state index in [9.17, 15) is 63.3 Å². The summed E-state index contributed by atoms with van der Waals surface area (Å²) in [4.78, 5) is 125. The molecule has 0 spiro atoms. The third-order valence-electron chi connectivity index (χ3n) is 8.32. The van der Waals surface area contributed by atoms with Crippen LogP contribution in [0.4, 0.5) is 0 Å². The molecular weight excluding hydrogens is 744 g/mol. The first-order valence-corrected chi connectivity index (χ1v) is 18.1. The molecule has 0 saturated heterocycles. The molecule has 22 nitrogen and oxygen atoms in total. The number of carbonyl (C=O) groups excluding carboxylic acids is 7. The first kappa shape index (κ1) is 50.6. The van der Waals surface area contributed by atoms with Crippen LogP contribution in [0.1, 0.15) is 86.5 Å². The minimum absolute atomic E-state index is 0.00596. The largest absolute Gasteiger partial charge is 0.481 e. The molecule has 0 radical (unpaired) electrons. The number of aliphatic hydroxyl groups excluding tert-OH is 1. The smallest absolute Gasteiger partial charge is 0.326 e. The lowest BCUT2D eigenvalue weighted by atomic mass is 9.96. The van der Waals surface area contributed by atoms with E-state index in [0.717, 1.165) is 0 Å². The number of hydrogen-bond donors (Lipinski definition) is 12. The van der Waals surface area contributed by atoms with Gasteiger partial charge in [-0.05, 0) is 37.0 Å². The lowest BCUT2D eigenvalue weighted by Gasteiger charge is -2.29. The minimum Gasteiger partial charge on any atom is -0.481 e. The van der Waals surface area contributed by atoms with Crippen LogP contribution in [0.3, 0.4) is 0 Å². The minimum atomic E-state index is -1.81. The van der Waals surface area contributed by atoms with Crippen LogP contribution in [0.15, 0.2) is 0 Å². The van der Waals surface area contributed by atoms with Gasteiger partial charge in [-0.15, -0.1) is 0 Å². The topological polar surface area (TPSA) is 376 Å². The summed E-state index contributed by atoms with van der Waals surface area (Å²) in [6.07, 6.45) is -2.41. The van der Waals surface area contributed by atoms with Crippen molar-refractivity contribution in [3.8, 4) is 0 Å². The van der Waals surface area contributed by atoms with Crippen molar-refractivity contribution in [2.75, 3.05) is 6.61 Å². The predicted octanol–water partition coefficient (Wildman–Crippen LogP) is -3.35. The van der Waals surface area contributed by atoms with E-state index in [1.54, 1.807) is 41.5 Å². The molecule has 7 amide bonds. The van der Waals surface area contributed by atoms with Gasteiger partial charge in [0.05, 0.1) is 25.5 Å². The third kappa shape index (κ3) is 19.3. The first-order chi connectivity index (χ1) is 25.9. The van der Waals surface area contributed by atoms with Crippen molar-refractivity contribution < 1.29 is 68.4 Å². The number of primary amides is 1. The summed E-state index contributed by atoms with van der Waals surface area (Å²) in [6.45, 7) is 9.17. The predicted molar refractivity (Wildman–Crippen MR) is 196 cm³/mol. The van der Waals surface area contributed by atoms with E-state index in [-0.39, 0.29) is 24.7 Å². The lowest BCUT2D eigenvalue weighted by Crippen LogP contribution is -2.61. The number of rotatable bonds is 27. The van der Waals surface area contributed by atoms with Crippen molar-refractivity contribution in [3.05, 3.63) is 0 Å². The Hall–Kier alpha value is -5.38. The van der Waals surface area contributed by atoms with Crippen molar-refractivity contribution in [2.24, 2.45) is 29.2 Å². The average molecular weight is 803 g/mol. The zero-order valence-electron chi connectivity index (χ0n) is 32.5. The van der Waals surface area contributed by atoms with E-state index in [1.165, 1.54) is 0 Å². The van der Waals surface area contributed by atoms with Crippen molar-refractivity contribution >= 4 is 59.3 Å². The lowest BCUT2D eigenvalue weighted by molar-refractivity contribution is -0.147. The van der Waals surface area contributed by atoms with Gasteiger partial charge in [0.15, 0.2) is 0 Å². The molecule has 0 aromatic rings. The first-order valence-electron chi connectivity index (χ1n) is 18.1. The molecule has 0 rings (SSSR count). The Kier molecular flexibility index (Phi) is 22.5. The molecule has 0 bridgehead atoms. The molecule has 56 heavy (non-hydrogen) atoms. The summed E-state index contributed by atoms with van der Waals surface area (Å²) in [6, 6.07) is -10.8. The van der Waals surface area contributed by atoms with Crippen LogP contribution in [0, 0.1) is 17.8 Å². The second-order valence-corrected chi connectivity index (χ2v) is 14.3. The van der Waals surface area contributed by atoms with E-state index in [2.05, 4.69) is 31.9 Å². The fourth-order valence-electron chi connectivity index (χ4n) is 5.15. The molecule has 0 unspecified atom stereocenters. The van der Waals surface area contributed by atoms with E-state index >= 15 is 0 Å². The SMILES string of the molecule is CC[C@H](C)[C@H](NC(=O)[C@H](CC(C)C)NC(=O)[C@H](CO)NC(=O)[C@H](CCC(=O)O)NC(=O)[C@H](CC(N)=O)NC(=O)[C@@H](N)CC(C)C)C(=O)N[C@@H](CC(=O)O)C(=O)O. The Morgan fingerprint density at radius 3 is 1.48 bits per heavy atom. The number of aliphatic carboxylic acids is 3. The Balaban J connectivity index is 6.23. The Morgan fingerprint density at radius 1 is 0.554 bits per heavy atom. The summed E-state index contributed by atoms with van der Waals surface area (Å²) < 4.78 is 0. The molecule has 0 aliphatic carbocycles. The number of carbonyl (C=O) groups is 10. The van der Waals surface area contributed by atoms with E-state index in [1.807, 2.05) is 0 Å². The van der Waals surface area contributed by atoms with E-state index < -0.39 is 140 Å². The van der Waals surface area contributed by atoms with Crippen molar-refractivity contribution in [1.82, 2.24) is 31.9 Å². The Labute approximate surface area is 324 Å². The molecule has 0 aliphatic heterocycles. The monoisotopic (exact) mass is 802 g/mol. The fourth-order valence-corrected chi connectivity index (χ4v) is 5.15. The second kappa shape index (κ2) is 24.9. The standard InChI is InChI=1S/C34H58N8O14/c1-7-17(6)27(33(54)40-22(34(55)56)13-26(47)48)42-31(52)20(11-16(4)5)39-32(53)23(14-43)41-29(50)19(8-9-25(45)46)37-30(51)21(12-24(36)44)38-28(49)18(35)10-15(2)3/h15-23,27,43H,7-14,35H2,1-6H3,(H2,36,44)(H,37,51)(H,38,49)(H,39,53)(H,40,54)(H,41,50)(H,42,52)(H,45,46)(H,47,48)(H,55,56)/t17-,18-,19-,20-,21-,22-,23-,27-/m0/s1. The van der Waals surface area contributed by atoms with Crippen LogP contribution in [0.5, 0.6) is 0 Å². The number of hydrogen-bond acceptors (Lipinski definition) is 12. The molecule has 318 valence electrons.